The molecule has 0 saturated carbocycles. The van der Waals surface area contributed by atoms with Crippen LogP contribution in [0, 0.1) is 0 Å². The van der Waals surface area contributed by atoms with Gasteiger partial charge >= 0.3 is 0 Å². The SMILES string of the molecule is NCc1[nH]nc2cc(-c3ccccc3)sc12. The third kappa shape index (κ3) is 1.43. The lowest BCUT2D eigenvalue weighted by molar-refractivity contribution is 0.959. The van der Waals surface area contributed by atoms with E-state index in [1.807, 2.05) is 18.2 Å². The van der Waals surface area contributed by atoms with Crippen molar-refractivity contribution in [3.8, 4) is 10.4 Å². The monoisotopic (exact) mass is 229 g/mol. The summed E-state index contributed by atoms with van der Waals surface area (Å²) in [6, 6.07) is 12.4. The Balaban J connectivity index is 2.16. The largest absolute Gasteiger partial charge is 0.325 e. The van der Waals surface area contributed by atoms with E-state index in [0.717, 1.165) is 11.2 Å². The van der Waals surface area contributed by atoms with E-state index < -0.39 is 0 Å². The molecule has 0 spiro atoms. The fourth-order valence-corrected chi connectivity index (χ4v) is 2.85. The van der Waals surface area contributed by atoms with Gasteiger partial charge in [0.2, 0.25) is 0 Å². The molecule has 3 N–H and O–H groups in total. The highest BCUT2D eigenvalue weighted by Crippen LogP contribution is 2.33. The van der Waals surface area contributed by atoms with Gasteiger partial charge in [-0.15, -0.1) is 11.3 Å². The average Bonchev–Trinajstić information content (AvgIpc) is 2.89. The second kappa shape index (κ2) is 3.73. The molecule has 0 aliphatic heterocycles. The zero-order valence-corrected chi connectivity index (χ0v) is 9.42. The fourth-order valence-electron chi connectivity index (χ4n) is 1.74. The molecule has 0 amide bonds. The van der Waals surface area contributed by atoms with Crippen molar-refractivity contribution in [3.63, 3.8) is 0 Å². The van der Waals surface area contributed by atoms with Crippen molar-refractivity contribution >= 4 is 21.6 Å². The molecule has 1 aromatic carbocycles. The number of nitrogens with two attached hydrogens (primary N) is 1. The number of fused-ring (bicyclic) bond motifs is 1. The van der Waals surface area contributed by atoms with E-state index in [-0.39, 0.29) is 0 Å². The smallest absolute Gasteiger partial charge is 0.104 e. The highest BCUT2D eigenvalue weighted by molar-refractivity contribution is 7.22. The number of hydrogen-bond acceptors (Lipinski definition) is 3. The van der Waals surface area contributed by atoms with Gasteiger partial charge in [0.25, 0.3) is 0 Å². The van der Waals surface area contributed by atoms with Gasteiger partial charge in [0.15, 0.2) is 0 Å². The maximum atomic E-state index is 5.64. The number of hydrogen-bond donors (Lipinski definition) is 2. The van der Waals surface area contributed by atoms with E-state index in [1.54, 1.807) is 11.3 Å². The summed E-state index contributed by atoms with van der Waals surface area (Å²) in [6.07, 6.45) is 0. The number of H-pyrrole nitrogens is 1. The molecule has 3 aromatic rings. The summed E-state index contributed by atoms with van der Waals surface area (Å²) < 4.78 is 1.17. The predicted molar refractivity (Wildman–Crippen MR) is 67.3 cm³/mol. The van der Waals surface area contributed by atoms with Gasteiger partial charge in [0.1, 0.15) is 5.52 Å². The Labute approximate surface area is 96.9 Å². The zero-order valence-electron chi connectivity index (χ0n) is 8.60. The standard InChI is InChI=1S/C12H11N3S/c13-7-10-12-9(14-15-10)6-11(16-12)8-4-2-1-3-5-8/h1-6H,7,13H2,(H,14,15). The van der Waals surface area contributed by atoms with Crippen LogP contribution in [0.2, 0.25) is 0 Å². The van der Waals surface area contributed by atoms with E-state index in [2.05, 4.69) is 28.4 Å². The molecule has 4 heteroatoms. The summed E-state index contributed by atoms with van der Waals surface area (Å²) in [5, 5.41) is 7.20. The Bertz CT molecular complexity index is 610. The maximum absolute atomic E-state index is 5.64. The maximum Gasteiger partial charge on any atom is 0.104 e. The van der Waals surface area contributed by atoms with Crippen LogP contribution in [-0.4, -0.2) is 10.2 Å². The first-order valence-electron chi connectivity index (χ1n) is 5.11. The molecule has 80 valence electrons. The first kappa shape index (κ1) is 9.57. The summed E-state index contributed by atoms with van der Waals surface area (Å²) in [5.74, 6) is 0. The quantitative estimate of drug-likeness (QED) is 0.710. The van der Waals surface area contributed by atoms with Crippen molar-refractivity contribution in [1.82, 2.24) is 10.2 Å². The summed E-state index contributed by atoms with van der Waals surface area (Å²) in [6.45, 7) is 0.505. The molecular formula is C12H11N3S. The van der Waals surface area contributed by atoms with Crippen LogP contribution in [0.3, 0.4) is 0 Å². The van der Waals surface area contributed by atoms with Crippen molar-refractivity contribution in [2.75, 3.05) is 0 Å². The Hall–Kier alpha value is -1.65. The summed E-state index contributed by atoms with van der Waals surface area (Å²) >= 11 is 1.73. The van der Waals surface area contributed by atoms with Gasteiger partial charge in [-0.1, -0.05) is 30.3 Å². The minimum absolute atomic E-state index is 0.505. The lowest BCUT2D eigenvalue weighted by Crippen LogP contribution is -1.95. The van der Waals surface area contributed by atoms with Gasteiger partial charge in [-0.25, -0.2) is 0 Å². The average molecular weight is 229 g/mol. The van der Waals surface area contributed by atoms with Crippen LogP contribution in [0.1, 0.15) is 5.69 Å². The number of aromatic amines is 1. The first-order valence-corrected chi connectivity index (χ1v) is 5.92. The van der Waals surface area contributed by atoms with Crippen molar-refractivity contribution in [1.29, 1.82) is 0 Å². The molecule has 0 atom stereocenters. The zero-order chi connectivity index (χ0) is 11.0. The molecule has 2 aromatic heterocycles. The van der Waals surface area contributed by atoms with Crippen molar-refractivity contribution < 1.29 is 0 Å². The molecular weight excluding hydrogens is 218 g/mol. The number of nitrogens with zero attached hydrogens (tertiary/aromatic N) is 1. The lowest BCUT2D eigenvalue weighted by Gasteiger charge is -1.94. The first-order chi connectivity index (χ1) is 7.88. The van der Waals surface area contributed by atoms with Crippen LogP contribution in [0.25, 0.3) is 20.7 Å². The van der Waals surface area contributed by atoms with Gasteiger partial charge < -0.3 is 5.73 Å². The molecule has 16 heavy (non-hydrogen) atoms. The van der Waals surface area contributed by atoms with Crippen molar-refractivity contribution in [2.24, 2.45) is 5.73 Å². The molecule has 0 fully saturated rings. The van der Waals surface area contributed by atoms with Gasteiger partial charge in [-0.2, -0.15) is 5.10 Å². The topological polar surface area (TPSA) is 54.7 Å². The Morgan fingerprint density at radius 3 is 2.81 bits per heavy atom. The molecule has 0 saturated heterocycles. The fraction of sp³-hybridized carbons (Fsp3) is 0.0833. The van der Waals surface area contributed by atoms with Crippen molar-refractivity contribution in [2.45, 2.75) is 6.54 Å². The van der Waals surface area contributed by atoms with E-state index in [1.165, 1.54) is 15.1 Å². The Morgan fingerprint density at radius 1 is 1.25 bits per heavy atom. The number of aromatic nitrogens is 2. The Morgan fingerprint density at radius 2 is 2.06 bits per heavy atom. The molecule has 2 heterocycles. The van der Waals surface area contributed by atoms with E-state index >= 15 is 0 Å². The number of nitrogens with one attached hydrogen (secondary N) is 1. The summed E-state index contributed by atoms with van der Waals surface area (Å²) in [5.41, 5.74) is 8.89. The lowest BCUT2D eigenvalue weighted by atomic mass is 10.2. The summed E-state index contributed by atoms with van der Waals surface area (Å²) in [7, 11) is 0. The highest BCUT2D eigenvalue weighted by Gasteiger charge is 2.09. The minimum Gasteiger partial charge on any atom is -0.325 e. The molecule has 0 aliphatic rings. The normalized spacial score (nSPS) is 11.1. The second-order valence-corrected chi connectivity index (χ2v) is 4.65. The van der Waals surface area contributed by atoms with Gasteiger partial charge in [0, 0.05) is 11.4 Å². The van der Waals surface area contributed by atoms with Crippen LogP contribution in [0.15, 0.2) is 36.4 Å². The van der Waals surface area contributed by atoms with Crippen LogP contribution in [0.5, 0.6) is 0 Å². The highest BCUT2D eigenvalue weighted by atomic mass is 32.1. The third-order valence-corrected chi connectivity index (χ3v) is 3.79. The molecule has 0 radical (unpaired) electrons. The molecule has 3 nitrogen and oxygen atoms in total. The second-order valence-electron chi connectivity index (χ2n) is 3.60. The van der Waals surface area contributed by atoms with E-state index in [0.29, 0.717) is 6.54 Å². The molecule has 0 unspecified atom stereocenters. The van der Waals surface area contributed by atoms with Gasteiger partial charge in [-0.05, 0) is 11.6 Å². The molecule has 0 bridgehead atoms. The van der Waals surface area contributed by atoms with E-state index in [4.69, 9.17) is 5.73 Å². The van der Waals surface area contributed by atoms with Gasteiger partial charge in [-0.3, -0.25) is 5.10 Å². The molecule has 3 rings (SSSR count). The summed E-state index contributed by atoms with van der Waals surface area (Å²) in [4.78, 5) is 1.24. The van der Waals surface area contributed by atoms with E-state index in [9.17, 15) is 0 Å². The van der Waals surface area contributed by atoms with Gasteiger partial charge in [0.05, 0.1) is 10.4 Å². The number of thiophene rings is 1. The Kier molecular flexibility index (Phi) is 2.23. The van der Waals surface area contributed by atoms with Crippen molar-refractivity contribution in [3.05, 3.63) is 42.1 Å². The van der Waals surface area contributed by atoms with Crippen LogP contribution in [-0.2, 0) is 6.54 Å². The number of benzene rings is 1. The number of rotatable bonds is 2. The third-order valence-electron chi connectivity index (χ3n) is 2.56. The molecule has 0 aliphatic carbocycles. The van der Waals surface area contributed by atoms with Crippen LogP contribution in [0.4, 0.5) is 0 Å². The van der Waals surface area contributed by atoms with Crippen LogP contribution < -0.4 is 5.73 Å². The minimum atomic E-state index is 0.505. The predicted octanol–water partition coefficient (Wildman–Crippen LogP) is 2.75. The van der Waals surface area contributed by atoms with Crippen LogP contribution >= 0.6 is 11.3 Å².